The lowest BCUT2D eigenvalue weighted by atomic mass is 10.0. The minimum absolute atomic E-state index is 0.0176. The molecule has 25 nitrogen and oxygen atoms in total. The van der Waals surface area contributed by atoms with Gasteiger partial charge in [-0.25, -0.2) is 42.8 Å². The van der Waals surface area contributed by atoms with E-state index < -0.39 is 107 Å². The van der Waals surface area contributed by atoms with Gasteiger partial charge < -0.3 is 41.0 Å². The predicted octanol–water partition coefficient (Wildman–Crippen LogP) is 4.92. The summed E-state index contributed by atoms with van der Waals surface area (Å²) < 4.78 is 98.8. The van der Waals surface area contributed by atoms with Crippen molar-refractivity contribution in [2.75, 3.05) is 24.3 Å². The molecule has 2 unspecified atom stereocenters. The normalized spacial score (nSPS) is 28.4. The van der Waals surface area contributed by atoms with E-state index in [1.807, 2.05) is 0 Å². The van der Waals surface area contributed by atoms with E-state index in [2.05, 4.69) is 52.8 Å². The van der Waals surface area contributed by atoms with Crippen molar-refractivity contribution in [1.82, 2.24) is 49.7 Å². The maximum absolute atomic E-state index is 16.9. The molecule has 0 bridgehead atoms. The fraction of sp³-hybridized carbons (Fsp3) is 0.558. The topological polar surface area (TPSA) is 330 Å². The van der Waals surface area contributed by atoms with Gasteiger partial charge in [0.25, 0.3) is 5.56 Å². The van der Waals surface area contributed by atoms with E-state index in [1.54, 1.807) is 38.1 Å². The second-order valence-electron chi connectivity index (χ2n) is 17.9. The number of anilines is 2. The number of hydrogen-bond acceptors (Lipinski definition) is 19. The second-order valence-corrected chi connectivity index (χ2v) is 23.4. The number of phosphoric ester groups is 1. The number of benzene rings is 1. The van der Waals surface area contributed by atoms with Crippen LogP contribution in [0.15, 0.2) is 54.4 Å². The largest absolute Gasteiger partial charge is 0.472 e. The Morgan fingerprint density at radius 3 is 2.15 bits per heavy atom. The number of nitrogens with zero attached hydrogens (tertiary/aromatic N) is 7. The van der Waals surface area contributed by atoms with Gasteiger partial charge in [0.05, 0.1) is 32.2 Å². The van der Waals surface area contributed by atoms with Crippen molar-refractivity contribution in [3.63, 3.8) is 0 Å². The van der Waals surface area contributed by atoms with Crippen molar-refractivity contribution >= 4 is 77.6 Å². The summed E-state index contributed by atoms with van der Waals surface area (Å²) in [6, 6.07) is 4.43. The van der Waals surface area contributed by atoms with Gasteiger partial charge in [0, 0.05) is 17.9 Å². The van der Waals surface area contributed by atoms with Crippen LogP contribution in [0, 0.1) is 5.92 Å². The molecule has 0 radical (unpaired) electrons. The van der Waals surface area contributed by atoms with Crippen LogP contribution >= 0.6 is 26.0 Å². The zero-order chi connectivity index (χ0) is 52.2. The Hall–Kier alpha value is -5.28. The van der Waals surface area contributed by atoms with Crippen molar-refractivity contribution in [2.45, 2.75) is 133 Å². The highest BCUT2D eigenvalue weighted by Gasteiger charge is 2.55. The monoisotopic (exact) mass is 1080 g/mol. The van der Waals surface area contributed by atoms with Gasteiger partial charge in [-0.3, -0.25) is 46.4 Å². The molecule has 73 heavy (non-hydrogen) atoms. The molecule has 8 rings (SSSR count). The third kappa shape index (κ3) is 12.5. The van der Waals surface area contributed by atoms with E-state index in [-0.39, 0.29) is 45.7 Å². The molecular formula is C43H56F2N12O13P2S. The van der Waals surface area contributed by atoms with Crippen molar-refractivity contribution in [2.24, 2.45) is 5.92 Å². The van der Waals surface area contributed by atoms with Crippen LogP contribution in [-0.4, -0.2) is 124 Å². The number of rotatable bonds is 17. The molecule has 3 aliphatic heterocycles. The van der Waals surface area contributed by atoms with Crippen LogP contribution in [0.4, 0.5) is 20.3 Å². The van der Waals surface area contributed by atoms with Gasteiger partial charge in [-0.2, -0.15) is 0 Å². The number of nitrogens with two attached hydrogens (primary N) is 1. The first-order valence-corrected chi connectivity index (χ1v) is 28.1. The summed E-state index contributed by atoms with van der Waals surface area (Å²) in [5.41, 5.74) is 6.07. The van der Waals surface area contributed by atoms with Crippen molar-refractivity contribution in [3.8, 4) is 0 Å². The number of phosphoric acid groups is 1. The van der Waals surface area contributed by atoms with E-state index in [0.717, 1.165) is 49.2 Å². The predicted molar refractivity (Wildman–Crippen MR) is 259 cm³/mol. The first kappa shape index (κ1) is 54.0. The molecular weight excluding hydrogens is 1020 g/mol. The summed E-state index contributed by atoms with van der Waals surface area (Å²) in [5, 5.41) is 8.20. The minimum atomic E-state index is -5.24. The highest BCUT2D eigenvalue weighted by molar-refractivity contribution is 8.54. The third-order valence-corrected chi connectivity index (χ3v) is 16.9. The fourth-order valence-corrected chi connectivity index (χ4v) is 12.7. The van der Waals surface area contributed by atoms with Gasteiger partial charge in [-0.1, -0.05) is 58.6 Å². The Morgan fingerprint density at radius 2 is 1.48 bits per heavy atom. The van der Waals surface area contributed by atoms with E-state index in [4.69, 9.17) is 33.3 Å². The standard InChI is InChI=1S/C43H56F2N12O13P2S/c1-5-6-7-8-9-10-28(58)55-31(22(2)3)41(61)53-23(4)39(59)54-25-13-11-24(12-14-25)17-73-72(64)66-16-27-34(29(44)42(68-27)56-20-51-32-36(46)47-18-48-37(32)56)69-71(62,63)65-15-26-35(70-72)30(45)43(67-26)57-21-52-33-38(57)49-19-50-40(33)60/h11-14,18-23,26-27,29-31,34-35,42-43H,5-10,15-17H2,1-4H3,(H,53,61)(H,54,59)(H,55,58)(H,62,63)(H2,46,47,48)(H,49,50,60)/t23-,26+,27+,29+,30+,31-,34+,35+,42+,43+,72?/m0/s1. The second kappa shape index (κ2) is 23.1. The number of unbranched alkanes of at least 4 members (excludes halogenated alkanes) is 4. The Kier molecular flexibility index (Phi) is 17.1. The van der Waals surface area contributed by atoms with Crippen LogP contribution in [-0.2, 0) is 56.8 Å². The molecule has 12 atom stereocenters. The number of amides is 3. The molecule has 0 aliphatic carbocycles. The summed E-state index contributed by atoms with van der Waals surface area (Å²) in [7, 11) is -5.24. The van der Waals surface area contributed by atoms with Gasteiger partial charge in [0.1, 0.15) is 48.3 Å². The molecule has 0 spiro atoms. The summed E-state index contributed by atoms with van der Waals surface area (Å²) in [6.45, 7) is 0.807. The number of nitrogens with one attached hydrogen (secondary N) is 4. The number of ether oxygens (including phenoxy) is 2. The molecule has 0 saturated carbocycles. The van der Waals surface area contributed by atoms with Crippen LogP contribution in [0.25, 0.3) is 22.3 Å². The SMILES string of the molecule is CCCCCCCC(=O)N[C@H](C(=O)N[C@@H](C)C(=O)Nc1ccc(CSP2(=O)OC[C@H]3O[C@@H](n4cnc5c(N)ncnc54)[C@H](F)[C@@H]3OP(=O)(O)OC[C@H]3O[C@@H](n4cnc5c(=O)[nH]cnc54)[C@H](F)[C@@H]3O2)cc1)C(C)C. The zero-order valence-electron chi connectivity index (χ0n) is 39.9. The number of carbonyl (C=O) groups is 3. The van der Waals surface area contributed by atoms with Crippen LogP contribution < -0.4 is 27.2 Å². The Bertz CT molecular complexity index is 2940. The lowest BCUT2D eigenvalue weighted by Crippen LogP contribution is -2.53. The van der Waals surface area contributed by atoms with Gasteiger partial charge in [-0.05, 0) is 48.3 Å². The molecule has 5 aromatic rings. The first-order valence-electron chi connectivity index (χ1n) is 23.5. The number of fused-ring (bicyclic) bond motifs is 4. The molecule has 30 heteroatoms. The van der Waals surface area contributed by atoms with Crippen LogP contribution in [0.3, 0.4) is 0 Å². The summed E-state index contributed by atoms with van der Waals surface area (Å²) >= 11 is 0.608. The number of aromatic nitrogens is 8. The number of imidazole rings is 2. The molecule has 4 aromatic heterocycles. The number of hydrogen-bond donors (Lipinski definition) is 6. The highest BCUT2D eigenvalue weighted by atomic mass is 32.7. The number of carbonyl (C=O) groups excluding carboxylic acids is 3. The van der Waals surface area contributed by atoms with Gasteiger partial charge in [-0.15, -0.1) is 0 Å². The molecule has 3 aliphatic rings. The minimum Gasteiger partial charge on any atom is -0.382 e. The lowest BCUT2D eigenvalue weighted by molar-refractivity contribution is -0.131. The average Bonchev–Trinajstić information content (AvgIpc) is 4.13. The van der Waals surface area contributed by atoms with E-state index in [1.165, 1.54) is 17.8 Å². The molecule has 7 heterocycles. The number of nitrogen functional groups attached to an aromatic ring is 1. The molecule has 7 N–H and O–H groups in total. The average molecular weight is 1080 g/mol. The van der Waals surface area contributed by atoms with Crippen LogP contribution in [0.1, 0.15) is 84.2 Å². The van der Waals surface area contributed by atoms with E-state index >= 15 is 13.3 Å². The van der Waals surface area contributed by atoms with Crippen LogP contribution in [0.2, 0.25) is 0 Å². The lowest BCUT2D eigenvalue weighted by Gasteiger charge is -2.29. The van der Waals surface area contributed by atoms with Gasteiger partial charge in [0.2, 0.25) is 17.7 Å². The summed E-state index contributed by atoms with van der Waals surface area (Å²) in [5.74, 6) is -1.69. The quantitative estimate of drug-likeness (QED) is 0.0532. The van der Waals surface area contributed by atoms with Crippen molar-refractivity contribution in [3.05, 3.63) is 65.5 Å². The van der Waals surface area contributed by atoms with E-state index in [0.29, 0.717) is 35.5 Å². The third-order valence-electron chi connectivity index (χ3n) is 12.3. The summed E-state index contributed by atoms with van der Waals surface area (Å²) in [6.07, 6.45) is -5.12. The Morgan fingerprint density at radius 1 is 0.849 bits per heavy atom. The smallest absolute Gasteiger partial charge is 0.382 e. The molecule has 396 valence electrons. The maximum Gasteiger partial charge on any atom is 0.472 e. The van der Waals surface area contributed by atoms with Gasteiger partial charge >= 0.3 is 14.6 Å². The van der Waals surface area contributed by atoms with E-state index in [9.17, 15) is 28.6 Å². The number of halogens is 2. The van der Waals surface area contributed by atoms with Crippen molar-refractivity contribution in [1.29, 1.82) is 0 Å². The highest BCUT2D eigenvalue weighted by Crippen LogP contribution is 2.65. The maximum atomic E-state index is 16.9. The molecule has 3 fully saturated rings. The Labute approximate surface area is 419 Å². The molecule has 3 saturated heterocycles. The molecule has 3 amide bonds. The fourth-order valence-electron chi connectivity index (χ4n) is 8.35. The number of alkyl halides is 2. The van der Waals surface area contributed by atoms with Gasteiger partial charge in [0.15, 0.2) is 47.4 Å². The summed E-state index contributed by atoms with van der Waals surface area (Å²) in [4.78, 5) is 85.1. The Balaban J connectivity index is 0.977. The first-order chi connectivity index (χ1) is 34.8. The number of H-pyrrole nitrogens is 1. The van der Waals surface area contributed by atoms with Crippen molar-refractivity contribution < 1.29 is 64.8 Å². The molecule has 1 aromatic carbocycles. The zero-order valence-corrected chi connectivity index (χ0v) is 42.6. The number of aromatic amines is 1. The van der Waals surface area contributed by atoms with Crippen LogP contribution in [0.5, 0.6) is 0 Å².